The molecule has 0 aliphatic rings. The van der Waals surface area contributed by atoms with E-state index in [2.05, 4.69) is 51.7 Å². The average Bonchev–Trinajstić information content (AvgIpc) is 2.83. The summed E-state index contributed by atoms with van der Waals surface area (Å²) >= 11 is 11.6. The Balaban J connectivity index is 2.13. The molecule has 0 radical (unpaired) electrons. The minimum atomic E-state index is 0.454. The highest BCUT2D eigenvalue weighted by molar-refractivity contribution is 9.10. The third-order valence-corrected chi connectivity index (χ3v) is 5.44. The van der Waals surface area contributed by atoms with Crippen molar-refractivity contribution in [3.8, 4) is 0 Å². The number of rotatable bonds is 7. The van der Waals surface area contributed by atoms with Crippen LogP contribution in [0, 0.1) is 0 Å². The second-order valence-corrected chi connectivity index (χ2v) is 7.14. The summed E-state index contributed by atoms with van der Waals surface area (Å²) in [7, 11) is 0. The first-order chi connectivity index (χ1) is 9.70. The quantitative estimate of drug-likeness (QED) is 0.634. The van der Waals surface area contributed by atoms with Crippen LogP contribution in [-0.2, 0) is 6.42 Å². The number of halogens is 2. The van der Waals surface area contributed by atoms with Crippen LogP contribution in [0.2, 0.25) is 5.02 Å². The molecule has 0 amide bonds. The molecular weight excluding hydrogens is 354 g/mol. The Morgan fingerprint density at radius 1 is 1.35 bits per heavy atom. The Morgan fingerprint density at radius 2 is 2.20 bits per heavy atom. The summed E-state index contributed by atoms with van der Waals surface area (Å²) in [6, 6.07) is 10.3. The summed E-state index contributed by atoms with van der Waals surface area (Å²) < 4.78 is 1.21. The van der Waals surface area contributed by atoms with E-state index < -0.39 is 0 Å². The van der Waals surface area contributed by atoms with Gasteiger partial charge in [-0.3, -0.25) is 0 Å². The third kappa shape index (κ3) is 4.59. The molecule has 0 aliphatic carbocycles. The lowest BCUT2D eigenvalue weighted by Gasteiger charge is -2.18. The summed E-state index contributed by atoms with van der Waals surface area (Å²) in [5.41, 5.74) is 1.31. The molecule has 1 aromatic heterocycles. The molecule has 4 heteroatoms. The second-order valence-electron chi connectivity index (χ2n) is 4.85. The van der Waals surface area contributed by atoms with Gasteiger partial charge in [0, 0.05) is 26.8 Å². The fourth-order valence-corrected chi connectivity index (χ4v) is 4.01. The van der Waals surface area contributed by atoms with Crippen LogP contribution < -0.4 is 5.32 Å². The van der Waals surface area contributed by atoms with Gasteiger partial charge in [0.15, 0.2) is 0 Å². The van der Waals surface area contributed by atoms with E-state index in [1.807, 2.05) is 23.5 Å². The van der Waals surface area contributed by atoms with Crippen molar-refractivity contribution in [1.82, 2.24) is 5.32 Å². The number of hydrogen-bond donors (Lipinski definition) is 1. The Bertz CT molecular complexity index is 541. The Hall–Kier alpha value is -0.350. The molecule has 1 atom stereocenters. The van der Waals surface area contributed by atoms with Crippen LogP contribution in [0.15, 0.2) is 40.2 Å². The van der Waals surface area contributed by atoms with Crippen LogP contribution in [-0.4, -0.2) is 13.1 Å². The minimum Gasteiger partial charge on any atom is -0.316 e. The Morgan fingerprint density at radius 3 is 2.85 bits per heavy atom. The lowest BCUT2D eigenvalue weighted by molar-refractivity contribution is 0.579. The molecule has 1 aromatic carbocycles. The number of nitrogens with one attached hydrogen (secondary N) is 1. The molecule has 1 unspecified atom stereocenters. The fourth-order valence-electron chi connectivity index (χ4n) is 2.22. The third-order valence-electron chi connectivity index (χ3n) is 3.26. The monoisotopic (exact) mass is 371 g/mol. The highest BCUT2D eigenvalue weighted by Crippen LogP contribution is 2.30. The fraction of sp³-hybridized carbons (Fsp3) is 0.375. The van der Waals surface area contributed by atoms with Gasteiger partial charge in [0.2, 0.25) is 0 Å². The second kappa shape index (κ2) is 8.18. The van der Waals surface area contributed by atoms with Crippen molar-refractivity contribution >= 4 is 38.9 Å². The maximum absolute atomic E-state index is 6.14. The van der Waals surface area contributed by atoms with E-state index in [9.17, 15) is 0 Å². The van der Waals surface area contributed by atoms with Crippen LogP contribution in [0.1, 0.15) is 29.7 Å². The van der Waals surface area contributed by atoms with Crippen molar-refractivity contribution in [3.63, 3.8) is 0 Å². The van der Waals surface area contributed by atoms with Gasteiger partial charge in [-0.15, -0.1) is 11.3 Å². The summed E-state index contributed by atoms with van der Waals surface area (Å²) in [4.78, 5) is 1.40. The summed E-state index contributed by atoms with van der Waals surface area (Å²) in [5.74, 6) is 0.454. The highest BCUT2D eigenvalue weighted by Gasteiger charge is 2.15. The largest absolute Gasteiger partial charge is 0.316 e. The predicted octanol–water partition coefficient (Wildman–Crippen LogP) is 5.49. The number of hydrogen-bond acceptors (Lipinski definition) is 2. The molecule has 2 aromatic rings. The van der Waals surface area contributed by atoms with Gasteiger partial charge in [-0.2, -0.15) is 0 Å². The van der Waals surface area contributed by atoms with Crippen molar-refractivity contribution in [2.24, 2.45) is 0 Å². The minimum absolute atomic E-state index is 0.454. The normalized spacial score (nSPS) is 12.6. The number of thiophene rings is 1. The SMILES string of the molecule is CCCNCC(Cc1sccc1Br)c1cccc(Cl)c1. The zero-order chi connectivity index (χ0) is 14.4. The van der Waals surface area contributed by atoms with E-state index in [0.29, 0.717) is 5.92 Å². The maximum atomic E-state index is 6.14. The van der Waals surface area contributed by atoms with Crippen LogP contribution in [0.25, 0.3) is 0 Å². The van der Waals surface area contributed by atoms with E-state index in [1.54, 1.807) is 0 Å². The number of benzene rings is 1. The van der Waals surface area contributed by atoms with Gasteiger partial charge < -0.3 is 5.32 Å². The smallest absolute Gasteiger partial charge is 0.0408 e. The van der Waals surface area contributed by atoms with E-state index in [1.165, 1.54) is 14.9 Å². The van der Waals surface area contributed by atoms with Crippen LogP contribution >= 0.6 is 38.9 Å². The summed E-state index contributed by atoms with van der Waals surface area (Å²) in [5, 5.41) is 6.48. The van der Waals surface area contributed by atoms with Gasteiger partial charge in [0.25, 0.3) is 0 Å². The van der Waals surface area contributed by atoms with Gasteiger partial charge in [-0.05, 0) is 64.5 Å². The van der Waals surface area contributed by atoms with Gasteiger partial charge in [-0.1, -0.05) is 30.7 Å². The first kappa shape index (κ1) is 16.0. The molecule has 1 N–H and O–H groups in total. The van der Waals surface area contributed by atoms with Crippen molar-refractivity contribution in [2.45, 2.75) is 25.7 Å². The van der Waals surface area contributed by atoms with Crippen LogP contribution in [0.3, 0.4) is 0 Å². The molecule has 1 heterocycles. The average molecular weight is 373 g/mol. The lowest BCUT2D eigenvalue weighted by Crippen LogP contribution is -2.23. The molecule has 108 valence electrons. The van der Waals surface area contributed by atoms with Crippen molar-refractivity contribution < 1.29 is 0 Å². The van der Waals surface area contributed by atoms with Crippen molar-refractivity contribution in [2.75, 3.05) is 13.1 Å². The molecular formula is C16H19BrClNS. The molecule has 0 saturated heterocycles. The van der Waals surface area contributed by atoms with E-state index in [0.717, 1.165) is 31.0 Å². The maximum Gasteiger partial charge on any atom is 0.0408 e. The van der Waals surface area contributed by atoms with E-state index >= 15 is 0 Å². The molecule has 0 saturated carbocycles. The lowest BCUT2D eigenvalue weighted by atomic mass is 9.95. The molecule has 1 nitrogen and oxygen atoms in total. The van der Waals surface area contributed by atoms with Crippen LogP contribution in [0.5, 0.6) is 0 Å². The predicted molar refractivity (Wildman–Crippen MR) is 93.1 cm³/mol. The Kier molecular flexibility index (Phi) is 6.56. The Labute approximate surface area is 138 Å². The zero-order valence-corrected chi connectivity index (χ0v) is 14.7. The highest BCUT2D eigenvalue weighted by atomic mass is 79.9. The zero-order valence-electron chi connectivity index (χ0n) is 11.5. The van der Waals surface area contributed by atoms with Gasteiger partial charge in [0.1, 0.15) is 0 Å². The molecule has 2 rings (SSSR count). The van der Waals surface area contributed by atoms with Gasteiger partial charge in [-0.25, -0.2) is 0 Å². The van der Waals surface area contributed by atoms with Crippen molar-refractivity contribution in [3.05, 3.63) is 55.6 Å². The first-order valence-electron chi connectivity index (χ1n) is 6.88. The van der Waals surface area contributed by atoms with Crippen molar-refractivity contribution in [1.29, 1.82) is 0 Å². The molecule has 0 bridgehead atoms. The van der Waals surface area contributed by atoms with E-state index in [-0.39, 0.29) is 0 Å². The van der Waals surface area contributed by atoms with Gasteiger partial charge in [0.05, 0.1) is 0 Å². The molecule has 0 fully saturated rings. The molecule has 20 heavy (non-hydrogen) atoms. The van der Waals surface area contributed by atoms with E-state index in [4.69, 9.17) is 11.6 Å². The molecule has 0 aliphatic heterocycles. The summed E-state index contributed by atoms with van der Waals surface area (Å²) in [6.45, 7) is 4.23. The first-order valence-corrected chi connectivity index (χ1v) is 8.93. The summed E-state index contributed by atoms with van der Waals surface area (Å²) in [6.07, 6.45) is 2.19. The van der Waals surface area contributed by atoms with Crippen LogP contribution in [0.4, 0.5) is 0 Å². The topological polar surface area (TPSA) is 12.0 Å². The molecule has 0 spiro atoms. The van der Waals surface area contributed by atoms with Gasteiger partial charge >= 0.3 is 0 Å². The standard InChI is InChI=1S/C16H19BrClNS/c1-2-7-19-11-13(10-16-15(17)6-8-20-16)12-4-3-5-14(18)9-12/h3-6,8-9,13,19H,2,7,10-11H2,1H3.